The van der Waals surface area contributed by atoms with Crippen LogP contribution >= 0.6 is 23.1 Å². The lowest BCUT2D eigenvalue weighted by Crippen LogP contribution is -2.11. The first-order valence-corrected chi connectivity index (χ1v) is 13.9. The number of hydrogen-bond acceptors (Lipinski definition) is 9. The number of benzene rings is 2. The molecule has 34 heavy (non-hydrogen) atoms. The van der Waals surface area contributed by atoms with Crippen molar-refractivity contribution in [1.29, 1.82) is 0 Å². The van der Waals surface area contributed by atoms with E-state index in [4.69, 9.17) is 4.52 Å². The van der Waals surface area contributed by atoms with Crippen LogP contribution in [-0.2, 0) is 15.6 Å². The molecule has 0 saturated heterocycles. The number of carbonyl (C=O) groups is 1. The van der Waals surface area contributed by atoms with Gasteiger partial charge in [0.15, 0.2) is 25.6 Å². The molecular weight excluding hydrogens is 492 g/mol. The first-order chi connectivity index (χ1) is 16.3. The molecule has 11 heteroatoms. The Hall–Kier alpha value is -3.02. The zero-order valence-electron chi connectivity index (χ0n) is 18.5. The fourth-order valence-corrected chi connectivity index (χ4v) is 6.17. The molecule has 4 rings (SSSR count). The molecule has 1 amide bonds. The van der Waals surface area contributed by atoms with Crippen LogP contribution in [0, 0.1) is 6.92 Å². The van der Waals surface area contributed by atoms with Gasteiger partial charge in [-0.15, -0.1) is 10.2 Å². The summed E-state index contributed by atoms with van der Waals surface area (Å²) in [5.41, 5.74) is 3.10. The van der Waals surface area contributed by atoms with Crippen LogP contribution in [0.15, 0.2) is 68.4 Å². The molecule has 176 valence electrons. The Morgan fingerprint density at radius 2 is 1.91 bits per heavy atom. The van der Waals surface area contributed by atoms with E-state index in [-0.39, 0.29) is 16.3 Å². The molecule has 0 aliphatic heterocycles. The van der Waals surface area contributed by atoms with Crippen molar-refractivity contribution in [2.45, 2.75) is 35.3 Å². The van der Waals surface area contributed by atoms with E-state index in [1.165, 1.54) is 40.7 Å². The molecule has 4 aromatic rings. The summed E-state index contributed by atoms with van der Waals surface area (Å²) in [6.07, 6.45) is 0.548. The smallest absolute Gasteiger partial charge is 0.279 e. The van der Waals surface area contributed by atoms with Crippen LogP contribution in [0.2, 0.25) is 0 Å². The van der Waals surface area contributed by atoms with Crippen molar-refractivity contribution in [3.8, 4) is 11.3 Å². The largest absolute Gasteiger partial charge is 0.355 e. The highest BCUT2D eigenvalue weighted by Gasteiger charge is 2.18. The van der Waals surface area contributed by atoms with Crippen molar-refractivity contribution in [3.63, 3.8) is 0 Å². The lowest BCUT2D eigenvalue weighted by Gasteiger charge is -2.03. The van der Waals surface area contributed by atoms with Gasteiger partial charge in [0.25, 0.3) is 5.91 Å². The number of anilines is 1. The van der Waals surface area contributed by atoms with Crippen molar-refractivity contribution >= 4 is 44.0 Å². The summed E-state index contributed by atoms with van der Waals surface area (Å²) < 4.78 is 30.4. The Bertz CT molecular complexity index is 1400. The zero-order valence-corrected chi connectivity index (χ0v) is 21.0. The normalized spacial score (nSPS) is 11.5. The third kappa shape index (κ3) is 5.91. The SMILES string of the molecule is CCCS(=O)(=O)c1ccc(-c2cc(C(=O)Nc3nnc(SCc4cccc(C)c4)s3)no2)cc1. The van der Waals surface area contributed by atoms with E-state index in [1.807, 2.05) is 13.0 Å². The van der Waals surface area contributed by atoms with E-state index in [2.05, 4.69) is 45.8 Å². The highest BCUT2D eigenvalue weighted by Crippen LogP contribution is 2.29. The maximum absolute atomic E-state index is 12.6. The molecule has 2 heterocycles. The van der Waals surface area contributed by atoms with Crippen molar-refractivity contribution in [2.24, 2.45) is 0 Å². The van der Waals surface area contributed by atoms with Crippen LogP contribution < -0.4 is 5.32 Å². The summed E-state index contributed by atoms with van der Waals surface area (Å²) in [5, 5.41) is 15.0. The van der Waals surface area contributed by atoms with E-state index < -0.39 is 15.7 Å². The first-order valence-electron chi connectivity index (χ1n) is 10.5. The molecule has 0 radical (unpaired) electrons. The first kappa shape index (κ1) is 24.1. The highest BCUT2D eigenvalue weighted by molar-refractivity contribution is 8.00. The Balaban J connectivity index is 1.37. The van der Waals surface area contributed by atoms with Crippen molar-refractivity contribution < 1.29 is 17.7 Å². The van der Waals surface area contributed by atoms with Crippen LogP contribution in [-0.4, -0.2) is 35.4 Å². The summed E-state index contributed by atoms with van der Waals surface area (Å²) in [5.74, 6) is 0.742. The molecular formula is C23H22N4O4S3. The Morgan fingerprint density at radius 3 is 2.65 bits per heavy atom. The number of aryl methyl sites for hydroxylation is 1. The molecule has 8 nitrogen and oxygen atoms in total. The number of nitrogens with one attached hydrogen (secondary N) is 1. The number of nitrogens with zero attached hydrogens (tertiary/aromatic N) is 3. The van der Waals surface area contributed by atoms with Gasteiger partial charge in [-0.1, -0.05) is 65.0 Å². The van der Waals surface area contributed by atoms with Crippen molar-refractivity contribution in [3.05, 3.63) is 71.4 Å². The molecule has 2 aromatic carbocycles. The molecule has 0 bridgehead atoms. The molecule has 0 aliphatic rings. The lowest BCUT2D eigenvalue weighted by atomic mass is 10.1. The molecule has 0 unspecified atom stereocenters. The van der Waals surface area contributed by atoms with E-state index in [0.717, 1.165) is 10.1 Å². The van der Waals surface area contributed by atoms with Crippen LogP contribution in [0.3, 0.4) is 0 Å². The second-order valence-electron chi connectivity index (χ2n) is 7.52. The second kappa shape index (κ2) is 10.5. The molecule has 0 fully saturated rings. The monoisotopic (exact) mass is 514 g/mol. The Morgan fingerprint density at radius 1 is 1.12 bits per heavy atom. The van der Waals surface area contributed by atoms with Gasteiger partial charge in [0.05, 0.1) is 10.6 Å². The van der Waals surface area contributed by atoms with Gasteiger partial charge in [0.1, 0.15) is 0 Å². The van der Waals surface area contributed by atoms with Crippen molar-refractivity contribution in [1.82, 2.24) is 15.4 Å². The maximum atomic E-state index is 12.6. The predicted molar refractivity (Wildman–Crippen MR) is 133 cm³/mol. The fourth-order valence-electron chi connectivity index (χ4n) is 3.16. The van der Waals surface area contributed by atoms with E-state index in [9.17, 15) is 13.2 Å². The molecule has 0 aliphatic carbocycles. The minimum absolute atomic E-state index is 0.0850. The van der Waals surface area contributed by atoms with Gasteiger partial charge >= 0.3 is 0 Å². The van der Waals surface area contributed by atoms with Crippen LogP contribution in [0.1, 0.15) is 35.0 Å². The van der Waals surface area contributed by atoms with Gasteiger partial charge in [-0.25, -0.2) is 8.42 Å². The van der Waals surface area contributed by atoms with E-state index in [0.29, 0.717) is 22.9 Å². The summed E-state index contributed by atoms with van der Waals surface area (Å²) in [6, 6.07) is 16.1. The van der Waals surface area contributed by atoms with E-state index in [1.54, 1.807) is 23.9 Å². The van der Waals surface area contributed by atoms with Gasteiger partial charge in [0, 0.05) is 17.4 Å². The summed E-state index contributed by atoms with van der Waals surface area (Å²) >= 11 is 2.83. The minimum atomic E-state index is -3.30. The van der Waals surface area contributed by atoms with Crippen molar-refractivity contribution in [2.75, 3.05) is 11.1 Å². The number of rotatable bonds is 9. The second-order valence-corrected chi connectivity index (χ2v) is 11.8. The zero-order chi connectivity index (χ0) is 24.1. The van der Waals surface area contributed by atoms with Crippen LogP contribution in [0.5, 0.6) is 0 Å². The summed E-state index contributed by atoms with van der Waals surface area (Å²) in [4.78, 5) is 12.8. The number of sulfone groups is 1. The van der Waals surface area contributed by atoms with Gasteiger partial charge in [-0.2, -0.15) is 0 Å². The third-order valence-corrected chi connectivity index (χ3v) is 8.76. The number of hydrogen-bond donors (Lipinski definition) is 1. The van der Waals surface area contributed by atoms with Gasteiger partial charge in [-0.3, -0.25) is 10.1 Å². The topological polar surface area (TPSA) is 115 Å². The lowest BCUT2D eigenvalue weighted by molar-refractivity contribution is 0.101. The van der Waals surface area contributed by atoms with Gasteiger partial charge in [0.2, 0.25) is 5.13 Å². The van der Waals surface area contributed by atoms with E-state index >= 15 is 0 Å². The average Bonchev–Trinajstić information content (AvgIpc) is 3.48. The molecule has 2 aromatic heterocycles. The minimum Gasteiger partial charge on any atom is -0.355 e. The number of carbonyl (C=O) groups excluding carboxylic acids is 1. The maximum Gasteiger partial charge on any atom is 0.279 e. The van der Waals surface area contributed by atoms with Gasteiger partial charge in [-0.05, 0) is 43.2 Å². The Kier molecular flexibility index (Phi) is 7.44. The van der Waals surface area contributed by atoms with Crippen LogP contribution in [0.25, 0.3) is 11.3 Å². The summed E-state index contributed by atoms with van der Waals surface area (Å²) in [6.45, 7) is 3.87. The number of amides is 1. The number of aromatic nitrogens is 3. The average molecular weight is 515 g/mol. The summed E-state index contributed by atoms with van der Waals surface area (Å²) in [7, 11) is -3.30. The van der Waals surface area contributed by atoms with Crippen LogP contribution in [0.4, 0.5) is 5.13 Å². The molecule has 0 spiro atoms. The Labute approximate surface area is 205 Å². The fraction of sp³-hybridized carbons (Fsp3) is 0.217. The molecule has 0 saturated carbocycles. The highest BCUT2D eigenvalue weighted by atomic mass is 32.2. The standard InChI is InChI=1S/C23H22N4O4S3/c1-3-11-34(29,30)18-9-7-17(8-10-18)20-13-19(27-31-20)21(28)24-22-25-26-23(33-22)32-14-16-6-4-5-15(2)12-16/h4-10,12-13H,3,11,14H2,1-2H3,(H,24,25,28). The van der Waals surface area contributed by atoms with Gasteiger partial charge < -0.3 is 4.52 Å². The molecule has 0 atom stereocenters. The number of thioether (sulfide) groups is 1. The third-order valence-electron chi connectivity index (χ3n) is 4.79. The quantitative estimate of drug-likeness (QED) is 0.238. The molecule has 1 N–H and O–H groups in total. The predicted octanol–water partition coefficient (Wildman–Crippen LogP) is 5.23.